The lowest BCUT2D eigenvalue weighted by Crippen LogP contribution is -2.40. The van der Waals surface area contributed by atoms with Crippen LogP contribution >= 0.6 is 0 Å². The maximum Gasteiger partial charge on any atom is 0.244 e. The largest absolute Gasteiger partial charge is 0.311 e. The van der Waals surface area contributed by atoms with Gasteiger partial charge >= 0.3 is 0 Å². The van der Waals surface area contributed by atoms with Crippen molar-refractivity contribution >= 4 is 11.6 Å². The molecule has 0 radical (unpaired) electrons. The molecule has 3 heteroatoms. The Bertz CT molecular complexity index is 514. The van der Waals surface area contributed by atoms with Gasteiger partial charge in [0.2, 0.25) is 5.91 Å². The Hall–Kier alpha value is -1.35. The minimum atomic E-state index is 0.0236. The molecule has 1 amide bonds. The van der Waals surface area contributed by atoms with Gasteiger partial charge in [-0.15, -0.1) is 0 Å². The van der Waals surface area contributed by atoms with Gasteiger partial charge in [-0.2, -0.15) is 0 Å². The first kappa shape index (κ1) is 13.6. The Kier molecular flexibility index (Phi) is 3.33. The Labute approximate surface area is 121 Å². The van der Waals surface area contributed by atoms with Crippen molar-refractivity contribution in [3.63, 3.8) is 0 Å². The second kappa shape index (κ2) is 4.88. The zero-order valence-corrected chi connectivity index (χ0v) is 12.6. The van der Waals surface area contributed by atoms with E-state index >= 15 is 0 Å². The van der Waals surface area contributed by atoms with Crippen molar-refractivity contribution in [2.75, 3.05) is 11.4 Å². The molecule has 2 fully saturated rings. The first-order chi connectivity index (χ1) is 9.47. The zero-order valence-electron chi connectivity index (χ0n) is 12.6. The SMILES string of the molecule is CC(C)(C)c1ccccc1N1CCC(NC2CC2)C1=O. The van der Waals surface area contributed by atoms with Crippen molar-refractivity contribution in [2.45, 2.75) is 57.5 Å². The van der Waals surface area contributed by atoms with Gasteiger partial charge in [0.15, 0.2) is 0 Å². The number of amides is 1. The third kappa shape index (κ3) is 2.59. The van der Waals surface area contributed by atoms with Gasteiger partial charge in [0, 0.05) is 18.3 Å². The molecule has 1 aromatic rings. The number of anilines is 1. The van der Waals surface area contributed by atoms with Crippen LogP contribution in [0.15, 0.2) is 24.3 Å². The number of carbonyl (C=O) groups is 1. The fourth-order valence-electron chi connectivity index (χ4n) is 2.95. The molecule has 3 nitrogen and oxygen atoms in total. The van der Waals surface area contributed by atoms with Crippen molar-refractivity contribution in [1.82, 2.24) is 5.32 Å². The number of para-hydroxylation sites is 1. The van der Waals surface area contributed by atoms with Gasteiger partial charge in [0.25, 0.3) is 0 Å². The predicted molar refractivity (Wildman–Crippen MR) is 82.1 cm³/mol. The Balaban J connectivity index is 1.84. The van der Waals surface area contributed by atoms with E-state index in [1.165, 1.54) is 18.4 Å². The molecule has 0 bridgehead atoms. The number of nitrogens with one attached hydrogen (secondary N) is 1. The highest BCUT2D eigenvalue weighted by molar-refractivity contribution is 6.00. The molecular formula is C17H24N2O. The molecule has 1 aromatic carbocycles. The Morgan fingerprint density at radius 2 is 1.85 bits per heavy atom. The van der Waals surface area contributed by atoms with Gasteiger partial charge in [-0.05, 0) is 36.3 Å². The standard InChI is InChI=1S/C17H24N2O/c1-17(2,3)13-6-4-5-7-15(13)19-11-10-14(16(19)20)18-12-8-9-12/h4-7,12,14,18H,8-11H2,1-3H3. The monoisotopic (exact) mass is 272 g/mol. The number of hydrogen-bond donors (Lipinski definition) is 1. The highest BCUT2D eigenvalue weighted by Gasteiger charge is 2.37. The molecule has 1 N–H and O–H groups in total. The third-order valence-corrected chi connectivity index (χ3v) is 4.22. The number of nitrogens with zero attached hydrogens (tertiary/aromatic N) is 1. The summed E-state index contributed by atoms with van der Waals surface area (Å²) in [5.74, 6) is 0.244. The Morgan fingerprint density at radius 1 is 1.15 bits per heavy atom. The van der Waals surface area contributed by atoms with E-state index in [0.717, 1.165) is 18.7 Å². The lowest BCUT2D eigenvalue weighted by atomic mass is 9.85. The number of benzene rings is 1. The van der Waals surface area contributed by atoms with E-state index in [1.807, 2.05) is 11.0 Å². The summed E-state index contributed by atoms with van der Waals surface area (Å²) in [7, 11) is 0. The quantitative estimate of drug-likeness (QED) is 0.917. The third-order valence-electron chi connectivity index (χ3n) is 4.22. The van der Waals surface area contributed by atoms with Gasteiger partial charge in [0.05, 0.1) is 6.04 Å². The highest BCUT2D eigenvalue weighted by Crippen LogP contribution is 2.34. The van der Waals surface area contributed by atoms with Crippen LogP contribution in [-0.4, -0.2) is 24.5 Å². The van der Waals surface area contributed by atoms with Crippen molar-refractivity contribution in [1.29, 1.82) is 0 Å². The van der Waals surface area contributed by atoms with E-state index in [-0.39, 0.29) is 17.4 Å². The minimum absolute atomic E-state index is 0.0236. The first-order valence-corrected chi connectivity index (χ1v) is 7.64. The van der Waals surface area contributed by atoms with E-state index < -0.39 is 0 Å². The first-order valence-electron chi connectivity index (χ1n) is 7.64. The van der Waals surface area contributed by atoms with Crippen molar-refractivity contribution in [3.05, 3.63) is 29.8 Å². The van der Waals surface area contributed by atoms with Crippen LogP contribution in [0.5, 0.6) is 0 Å². The molecule has 108 valence electrons. The topological polar surface area (TPSA) is 32.3 Å². The van der Waals surface area contributed by atoms with E-state index in [0.29, 0.717) is 6.04 Å². The summed E-state index contributed by atoms with van der Waals surface area (Å²) >= 11 is 0. The molecule has 1 heterocycles. The number of hydrogen-bond acceptors (Lipinski definition) is 2. The summed E-state index contributed by atoms with van der Waals surface area (Å²) in [6.07, 6.45) is 3.37. The van der Waals surface area contributed by atoms with E-state index in [4.69, 9.17) is 0 Å². The van der Waals surface area contributed by atoms with Gasteiger partial charge in [-0.25, -0.2) is 0 Å². The van der Waals surface area contributed by atoms with Crippen molar-refractivity contribution in [3.8, 4) is 0 Å². The average Bonchev–Trinajstić information content (AvgIpc) is 3.14. The summed E-state index contributed by atoms with van der Waals surface area (Å²) in [5.41, 5.74) is 2.39. The van der Waals surface area contributed by atoms with Crippen LogP contribution in [0.3, 0.4) is 0 Å². The molecule has 0 spiro atoms. The molecule has 1 atom stereocenters. The fraction of sp³-hybridized carbons (Fsp3) is 0.588. The smallest absolute Gasteiger partial charge is 0.244 e. The van der Waals surface area contributed by atoms with Crippen LogP contribution < -0.4 is 10.2 Å². The predicted octanol–water partition coefficient (Wildman–Crippen LogP) is 2.84. The summed E-state index contributed by atoms with van der Waals surface area (Å²) in [6.45, 7) is 7.43. The van der Waals surface area contributed by atoms with Crippen LogP contribution in [0.25, 0.3) is 0 Å². The maximum absolute atomic E-state index is 12.6. The van der Waals surface area contributed by atoms with Gasteiger partial charge in [0.1, 0.15) is 0 Å². The van der Waals surface area contributed by atoms with Crippen molar-refractivity contribution in [2.24, 2.45) is 0 Å². The van der Waals surface area contributed by atoms with Gasteiger partial charge < -0.3 is 10.2 Å². The lowest BCUT2D eigenvalue weighted by Gasteiger charge is -2.27. The normalized spacial score (nSPS) is 23.4. The van der Waals surface area contributed by atoms with Crippen LogP contribution in [0.4, 0.5) is 5.69 Å². The summed E-state index contributed by atoms with van der Waals surface area (Å²) < 4.78 is 0. The average molecular weight is 272 g/mol. The second-order valence-corrected chi connectivity index (χ2v) is 7.04. The number of carbonyl (C=O) groups excluding carboxylic acids is 1. The minimum Gasteiger partial charge on any atom is -0.311 e. The maximum atomic E-state index is 12.6. The number of rotatable bonds is 3. The van der Waals surface area contributed by atoms with E-state index in [9.17, 15) is 4.79 Å². The van der Waals surface area contributed by atoms with Crippen molar-refractivity contribution < 1.29 is 4.79 Å². The van der Waals surface area contributed by atoms with E-state index in [2.05, 4.69) is 44.3 Å². The lowest BCUT2D eigenvalue weighted by molar-refractivity contribution is -0.118. The molecular weight excluding hydrogens is 248 g/mol. The van der Waals surface area contributed by atoms with Crippen LogP contribution in [0, 0.1) is 0 Å². The van der Waals surface area contributed by atoms with Crippen LogP contribution in [-0.2, 0) is 10.2 Å². The fourth-order valence-corrected chi connectivity index (χ4v) is 2.95. The molecule has 0 aromatic heterocycles. The summed E-state index contributed by atoms with van der Waals surface area (Å²) in [4.78, 5) is 14.6. The molecule has 20 heavy (non-hydrogen) atoms. The molecule has 1 saturated heterocycles. The molecule has 1 aliphatic carbocycles. The molecule has 2 aliphatic rings. The Morgan fingerprint density at radius 3 is 2.50 bits per heavy atom. The van der Waals surface area contributed by atoms with Crippen LogP contribution in [0.1, 0.15) is 45.6 Å². The summed E-state index contributed by atoms with van der Waals surface area (Å²) in [6, 6.07) is 8.92. The molecule has 1 aliphatic heterocycles. The summed E-state index contributed by atoms with van der Waals surface area (Å²) in [5, 5.41) is 3.47. The molecule has 1 unspecified atom stereocenters. The van der Waals surface area contributed by atoms with E-state index in [1.54, 1.807) is 0 Å². The second-order valence-electron chi connectivity index (χ2n) is 7.04. The van der Waals surface area contributed by atoms with Gasteiger partial charge in [-0.3, -0.25) is 4.79 Å². The molecule has 3 rings (SSSR count). The molecule has 1 saturated carbocycles. The zero-order chi connectivity index (χ0) is 14.3. The highest BCUT2D eigenvalue weighted by atomic mass is 16.2. The van der Waals surface area contributed by atoms with Gasteiger partial charge in [-0.1, -0.05) is 39.0 Å². The van der Waals surface area contributed by atoms with Crippen LogP contribution in [0.2, 0.25) is 0 Å².